The summed E-state index contributed by atoms with van der Waals surface area (Å²) in [5.74, 6) is -1.55. The van der Waals surface area contributed by atoms with Crippen LogP contribution in [0.25, 0.3) is 0 Å². The molecule has 0 aliphatic carbocycles. The molecule has 3 N–H and O–H groups in total. The van der Waals surface area contributed by atoms with Crippen LogP contribution in [0.1, 0.15) is 93.4 Å². The number of alkyl carbamates (subject to hydrolysis) is 1. The van der Waals surface area contributed by atoms with E-state index in [1.54, 1.807) is 26.2 Å². The van der Waals surface area contributed by atoms with Gasteiger partial charge in [0.05, 0.1) is 24.7 Å². The van der Waals surface area contributed by atoms with E-state index in [4.69, 9.17) is 23.7 Å². The predicted octanol–water partition coefficient (Wildman–Crippen LogP) is 4.87. The number of carbonyl (C=O) groups is 3. The van der Waals surface area contributed by atoms with E-state index in [1.165, 1.54) is 19.8 Å². The summed E-state index contributed by atoms with van der Waals surface area (Å²) in [6.07, 6.45) is 9.16. The number of allylic oxidation sites excluding steroid dienone is 2. The zero-order valence-corrected chi connectivity index (χ0v) is 32.0. The van der Waals surface area contributed by atoms with E-state index < -0.39 is 48.0 Å². The number of ether oxygens (including phenoxy) is 5. The molecule has 3 aliphatic heterocycles. The van der Waals surface area contributed by atoms with Gasteiger partial charge in [-0.25, -0.2) is 4.79 Å². The molecule has 0 bridgehead atoms. The summed E-state index contributed by atoms with van der Waals surface area (Å²) in [5.41, 5.74) is -0.711. The van der Waals surface area contributed by atoms with Crippen molar-refractivity contribution in [1.82, 2.24) is 10.2 Å². The van der Waals surface area contributed by atoms with Crippen LogP contribution in [-0.2, 0) is 33.3 Å². The van der Waals surface area contributed by atoms with Crippen molar-refractivity contribution in [3.63, 3.8) is 0 Å². The summed E-state index contributed by atoms with van der Waals surface area (Å²) in [4.78, 5) is 40.1. The lowest BCUT2D eigenvalue weighted by atomic mass is 9.88. The van der Waals surface area contributed by atoms with E-state index in [1.807, 2.05) is 39.0 Å². The number of epoxide rings is 1. The van der Waals surface area contributed by atoms with Crippen LogP contribution in [0.4, 0.5) is 4.79 Å². The number of cyclic esters (lactones) is 1. The average Bonchev–Trinajstić information content (AvgIpc) is 3.69. The second kappa shape index (κ2) is 20.5. The Bertz CT molecular complexity index is 1210. The molecule has 11 atom stereocenters. The number of nitrogens with one attached hydrogen (secondary N) is 1. The van der Waals surface area contributed by atoms with Gasteiger partial charge in [-0.1, -0.05) is 52.0 Å². The third kappa shape index (κ3) is 13.6. The molecule has 0 saturated carbocycles. The molecule has 12 nitrogen and oxygen atoms in total. The van der Waals surface area contributed by atoms with Gasteiger partial charge in [-0.05, 0) is 83.7 Å². The minimum absolute atomic E-state index is 0.0257. The largest absolute Gasteiger partial charge is 0.457 e. The van der Waals surface area contributed by atoms with Crippen molar-refractivity contribution in [2.75, 3.05) is 33.3 Å². The van der Waals surface area contributed by atoms with E-state index >= 15 is 0 Å². The SMILES string of the molecule is CCC(OC)C(C)C1OC1C(OC(=O)NCCCN1CCCC1)C(C)/C=C/C=C(\C)C1OC(=O)CC(O)CCC(C)(O)C(OC(C)=O)/C=C/C1C. The number of likely N-dealkylation sites (tertiary alicyclic amines) is 1. The van der Waals surface area contributed by atoms with Gasteiger partial charge in [0.15, 0.2) is 0 Å². The van der Waals surface area contributed by atoms with Crippen molar-refractivity contribution in [1.29, 1.82) is 0 Å². The van der Waals surface area contributed by atoms with Gasteiger partial charge in [0, 0.05) is 38.3 Å². The topological polar surface area (TPSA) is 156 Å². The Labute approximate surface area is 304 Å². The maximum atomic E-state index is 13.0. The lowest BCUT2D eigenvalue weighted by molar-refractivity contribution is -0.157. The van der Waals surface area contributed by atoms with Gasteiger partial charge in [0.25, 0.3) is 0 Å². The van der Waals surface area contributed by atoms with Crippen molar-refractivity contribution >= 4 is 18.0 Å². The summed E-state index contributed by atoms with van der Waals surface area (Å²) in [6.45, 7) is 16.4. The Kier molecular flexibility index (Phi) is 17.1. The van der Waals surface area contributed by atoms with Crippen molar-refractivity contribution < 1.29 is 48.3 Å². The third-order valence-corrected chi connectivity index (χ3v) is 10.4. The van der Waals surface area contributed by atoms with Crippen LogP contribution in [0, 0.1) is 17.8 Å². The third-order valence-electron chi connectivity index (χ3n) is 10.4. The van der Waals surface area contributed by atoms with Gasteiger partial charge in [-0.2, -0.15) is 0 Å². The number of amides is 1. The molecular weight excluding hydrogens is 656 g/mol. The molecule has 12 heteroatoms. The molecule has 0 spiro atoms. The second-order valence-electron chi connectivity index (χ2n) is 14.9. The molecule has 0 aromatic carbocycles. The number of esters is 2. The first-order valence-electron chi connectivity index (χ1n) is 18.8. The van der Waals surface area contributed by atoms with Gasteiger partial charge in [0.2, 0.25) is 0 Å². The number of hydrogen-bond donors (Lipinski definition) is 3. The minimum atomic E-state index is -1.45. The fraction of sp³-hybridized carbons (Fsp3) is 0.769. The first-order valence-corrected chi connectivity index (χ1v) is 18.8. The molecule has 51 heavy (non-hydrogen) atoms. The minimum Gasteiger partial charge on any atom is -0.457 e. The number of methoxy groups -OCH3 is 1. The van der Waals surface area contributed by atoms with E-state index in [0.717, 1.165) is 38.0 Å². The standard InChI is InChI=1S/C39H64N2O10/c1-9-31(47-8)28(5)36-37(50-36)35(51-38(45)40-20-13-23-41-21-10-11-22-41)26(3)15-12-14-25(2)34-27(4)16-17-32(48-29(6)42)39(7,46)19-18-30(43)24-33(44)49-34/h12,14-17,26-28,30-32,34-37,43,46H,9-11,13,18-24H2,1-8H3,(H,40,45)/b15-12+,17-16+,25-14+. The fourth-order valence-electron chi connectivity index (χ4n) is 7.14. The Morgan fingerprint density at radius 3 is 2.53 bits per heavy atom. The highest BCUT2D eigenvalue weighted by molar-refractivity contribution is 5.70. The van der Waals surface area contributed by atoms with Gasteiger partial charge < -0.3 is 44.1 Å². The van der Waals surface area contributed by atoms with E-state index in [-0.39, 0.29) is 55.3 Å². The monoisotopic (exact) mass is 720 g/mol. The quantitative estimate of drug-likeness (QED) is 0.0530. The van der Waals surface area contributed by atoms with Crippen LogP contribution in [0.15, 0.2) is 36.0 Å². The fourth-order valence-corrected chi connectivity index (χ4v) is 7.14. The summed E-state index contributed by atoms with van der Waals surface area (Å²) in [6, 6.07) is 0. The second-order valence-corrected chi connectivity index (χ2v) is 14.9. The highest BCUT2D eigenvalue weighted by Crippen LogP contribution is 2.39. The van der Waals surface area contributed by atoms with Gasteiger partial charge in [0.1, 0.15) is 30.0 Å². The summed E-state index contributed by atoms with van der Waals surface area (Å²) < 4.78 is 29.1. The van der Waals surface area contributed by atoms with E-state index in [0.29, 0.717) is 6.54 Å². The number of rotatable bonds is 15. The number of carbonyl (C=O) groups excluding carboxylic acids is 3. The zero-order chi connectivity index (χ0) is 37.7. The lowest BCUT2D eigenvalue weighted by Gasteiger charge is -2.32. The average molecular weight is 721 g/mol. The molecule has 3 heterocycles. The first kappa shape index (κ1) is 42.6. The molecule has 0 aromatic rings. The number of nitrogens with zero attached hydrogens (tertiary/aromatic N) is 1. The van der Waals surface area contributed by atoms with Crippen LogP contribution >= 0.6 is 0 Å². The molecule has 2 fully saturated rings. The molecule has 3 rings (SSSR count). The predicted molar refractivity (Wildman–Crippen MR) is 194 cm³/mol. The highest BCUT2D eigenvalue weighted by atomic mass is 16.6. The Hall–Kier alpha value is -2.77. The molecule has 3 aliphatic rings. The van der Waals surface area contributed by atoms with Crippen LogP contribution in [-0.4, -0.2) is 115 Å². The molecule has 290 valence electrons. The smallest absolute Gasteiger partial charge is 0.407 e. The summed E-state index contributed by atoms with van der Waals surface area (Å²) in [7, 11) is 1.70. The maximum absolute atomic E-state index is 13.0. The van der Waals surface area contributed by atoms with Crippen molar-refractivity contribution in [2.45, 2.75) is 142 Å². The molecule has 2 saturated heterocycles. The molecule has 11 unspecified atom stereocenters. The van der Waals surface area contributed by atoms with Gasteiger partial charge >= 0.3 is 18.0 Å². The molecular formula is C39H64N2O10. The molecule has 0 radical (unpaired) electrons. The Morgan fingerprint density at radius 1 is 1.18 bits per heavy atom. The van der Waals surface area contributed by atoms with Gasteiger partial charge in [-0.15, -0.1) is 0 Å². The maximum Gasteiger partial charge on any atom is 0.407 e. The van der Waals surface area contributed by atoms with Crippen LogP contribution < -0.4 is 5.32 Å². The molecule has 1 amide bonds. The van der Waals surface area contributed by atoms with Crippen molar-refractivity contribution in [3.05, 3.63) is 36.0 Å². The van der Waals surface area contributed by atoms with Gasteiger partial charge in [-0.3, -0.25) is 9.59 Å². The zero-order valence-electron chi connectivity index (χ0n) is 32.0. The van der Waals surface area contributed by atoms with Crippen LogP contribution in [0.3, 0.4) is 0 Å². The first-order chi connectivity index (χ1) is 24.2. The Balaban J connectivity index is 1.75. The van der Waals surface area contributed by atoms with Crippen LogP contribution in [0.5, 0.6) is 0 Å². The Morgan fingerprint density at radius 2 is 1.88 bits per heavy atom. The number of hydrogen-bond acceptors (Lipinski definition) is 11. The normalized spacial score (nSPS) is 32.5. The van der Waals surface area contributed by atoms with Crippen LogP contribution in [0.2, 0.25) is 0 Å². The summed E-state index contributed by atoms with van der Waals surface area (Å²) >= 11 is 0. The molecule has 0 aromatic heterocycles. The highest BCUT2D eigenvalue weighted by Gasteiger charge is 2.52. The van der Waals surface area contributed by atoms with Crippen molar-refractivity contribution in [3.8, 4) is 0 Å². The lowest BCUT2D eigenvalue weighted by Crippen LogP contribution is -2.42. The number of aliphatic hydroxyl groups is 2. The number of aliphatic hydroxyl groups excluding tert-OH is 1. The van der Waals surface area contributed by atoms with Crippen molar-refractivity contribution in [2.24, 2.45) is 17.8 Å². The van der Waals surface area contributed by atoms with E-state index in [9.17, 15) is 24.6 Å². The summed E-state index contributed by atoms with van der Waals surface area (Å²) in [5, 5.41) is 24.5. The van der Waals surface area contributed by atoms with E-state index in [2.05, 4.69) is 24.1 Å².